The largest absolute Gasteiger partial charge is 0.486 e. The maximum absolute atomic E-state index is 10.8. The summed E-state index contributed by atoms with van der Waals surface area (Å²) in [7, 11) is 0. The number of fused-ring (bicyclic) bond motifs is 2. The van der Waals surface area contributed by atoms with Gasteiger partial charge < -0.3 is 14.7 Å². The van der Waals surface area contributed by atoms with E-state index in [1.54, 1.807) is 0 Å². The molecule has 0 amide bonds. The number of nitrogens with zero attached hydrogens (tertiary/aromatic N) is 4. The second-order valence-electron chi connectivity index (χ2n) is 9.04. The molecule has 1 aliphatic heterocycles. The van der Waals surface area contributed by atoms with Crippen LogP contribution in [0.15, 0.2) is 12.1 Å². The molecule has 0 unspecified atom stereocenters. The zero-order valence-corrected chi connectivity index (χ0v) is 17.6. The van der Waals surface area contributed by atoms with E-state index in [1.807, 2.05) is 26.0 Å². The minimum Gasteiger partial charge on any atom is -0.486 e. The molecule has 154 valence electrons. The first-order valence-corrected chi connectivity index (χ1v) is 10.9. The first-order chi connectivity index (χ1) is 14.0. The third-order valence-corrected chi connectivity index (χ3v) is 6.95. The Bertz CT molecular complexity index is 931. The lowest BCUT2D eigenvalue weighted by Crippen LogP contribution is -2.42. The topological polar surface area (TPSA) is 71.4 Å². The van der Waals surface area contributed by atoms with Crippen molar-refractivity contribution in [3.05, 3.63) is 40.5 Å². The molecule has 2 aromatic heterocycles. The molecule has 4 atom stereocenters. The van der Waals surface area contributed by atoms with E-state index in [9.17, 15) is 5.11 Å². The van der Waals surface area contributed by atoms with Crippen molar-refractivity contribution in [3.8, 4) is 5.75 Å². The van der Waals surface area contributed by atoms with Gasteiger partial charge in [-0.05, 0) is 82.4 Å². The Morgan fingerprint density at radius 1 is 0.966 bits per heavy atom. The Morgan fingerprint density at radius 2 is 1.76 bits per heavy atom. The normalized spacial score (nSPS) is 28.3. The van der Waals surface area contributed by atoms with Crippen LogP contribution < -0.4 is 9.64 Å². The van der Waals surface area contributed by atoms with Gasteiger partial charge in [0.2, 0.25) is 5.95 Å². The Morgan fingerprint density at radius 3 is 2.55 bits per heavy atom. The van der Waals surface area contributed by atoms with Crippen LogP contribution in [0, 0.1) is 32.6 Å². The van der Waals surface area contributed by atoms with E-state index >= 15 is 0 Å². The summed E-state index contributed by atoms with van der Waals surface area (Å²) in [5.41, 5.74) is 5.60. The average Bonchev–Trinajstić information content (AvgIpc) is 3.31. The highest BCUT2D eigenvalue weighted by atomic mass is 16.5. The van der Waals surface area contributed by atoms with Crippen LogP contribution in [0.5, 0.6) is 5.75 Å². The third kappa shape index (κ3) is 3.48. The van der Waals surface area contributed by atoms with E-state index < -0.39 is 6.10 Å². The van der Waals surface area contributed by atoms with E-state index in [0.717, 1.165) is 67.6 Å². The lowest BCUT2D eigenvalue weighted by molar-refractivity contribution is -0.0236. The molecule has 3 heterocycles. The molecule has 6 nitrogen and oxygen atoms in total. The van der Waals surface area contributed by atoms with Crippen LogP contribution in [0.1, 0.15) is 47.6 Å². The van der Waals surface area contributed by atoms with Gasteiger partial charge in [-0.3, -0.25) is 4.98 Å². The Labute approximate surface area is 172 Å². The standard InChI is InChI=1S/C23H30N4O2/c1-13-7-8-21(15(3)24-13)29-22-10-17-12-27(11-16(17)9-20(22)28)23-25-14(2)18-5-4-6-19(18)26-23/h7-8,16-17,20,22,28H,4-6,9-12H2,1-3H3/t16-,17+,20+,22+/m0/s1. The molecular formula is C23H30N4O2. The smallest absolute Gasteiger partial charge is 0.225 e. The molecule has 3 aliphatic rings. The summed E-state index contributed by atoms with van der Waals surface area (Å²) < 4.78 is 6.22. The van der Waals surface area contributed by atoms with Gasteiger partial charge >= 0.3 is 0 Å². The molecule has 29 heavy (non-hydrogen) atoms. The van der Waals surface area contributed by atoms with Crippen LogP contribution in [0.3, 0.4) is 0 Å². The summed E-state index contributed by atoms with van der Waals surface area (Å²) >= 11 is 0. The predicted octanol–water partition coefficient (Wildman–Crippen LogP) is 2.94. The van der Waals surface area contributed by atoms with Crippen molar-refractivity contribution in [2.75, 3.05) is 18.0 Å². The third-order valence-electron chi connectivity index (χ3n) is 6.95. The van der Waals surface area contributed by atoms with Crippen molar-refractivity contribution < 1.29 is 9.84 Å². The Balaban J connectivity index is 1.30. The fraction of sp³-hybridized carbons (Fsp3) is 0.609. The number of ether oxygens (including phenoxy) is 1. The van der Waals surface area contributed by atoms with Crippen molar-refractivity contribution in [2.45, 2.75) is 65.1 Å². The molecule has 2 aliphatic carbocycles. The number of aryl methyl sites for hydroxylation is 4. The number of hydrogen-bond donors (Lipinski definition) is 1. The van der Waals surface area contributed by atoms with Gasteiger partial charge in [-0.25, -0.2) is 9.97 Å². The molecule has 2 aromatic rings. The quantitative estimate of drug-likeness (QED) is 0.863. The first kappa shape index (κ1) is 18.8. The molecule has 1 saturated carbocycles. The maximum atomic E-state index is 10.8. The van der Waals surface area contributed by atoms with Crippen LogP contribution in [0.4, 0.5) is 5.95 Å². The number of aromatic nitrogens is 3. The molecule has 0 spiro atoms. The molecule has 2 fully saturated rings. The molecule has 0 bridgehead atoms. The molecule has 1 N–H and O–H groups in total. The average molecular weight is 395 g/mol. The van der Waals surface area contributed by atoms with Crippen molar-refractivity contribution in [2.24, 2.45) is 11.8 Å². The van der Waals surface area contributed by atoms with Gasteiger partial charge in [0.25, 0.3) is 0 Å². The Hall–Kier alpha value is -2.21. The van der Waals surface area contributed by atoms with Gasteiger partial charge in [0.1, 0.15) is 11.9 Å². The van der Waals surface area contributed by atoms with E-state index in [-0.39, 0.29) is 6.10 Å². The fourth-order valence-corrected chi connectivity index (χ4v) is 5.39. The molecule has 5 rings (SSSR count). The summed E-state index contributed by atoms with van der Waals surface area (Å²) in [4.78, 5) is 16.5. The van der Waals surface area contributed by atoms with Gasteiger partial charge in [0.15, 0.2) is 0 Å². The number of hydrogen-bond acceptors (Lipinski definition) is 6. The van der Waals surface area contributed by atoms with Gasteiger partial charge in [-0.2, -0.15) is 0 Å². The lowest BCUT2D eigenvalue weighted by Gasteiger charge is -2.35. The highest BCUT2D eigenvalue weighted by Crippen LogP contribution is 2.39. The summed E-state index contributed by atoms with van der Waals surface area (Å²) in [6.07, 6.45) is 4.39. The van der Waals surface area contributed by atoms with Crippen molar-refractivity contribution in [3.63, 3.8) is 0 Å². The molecule has 6 heteroatoms. The number of pyridine rings is 1. The highest BCUT2D eigenvalue weighted by molar-refractivity contribution is 5.40. The zero-order valence-electron chi connectivity index (χ0n) is 17.6. The highest BCUT2D eigenvalue weighted by Gasteiger charge is 2.43. The second kappa shape index (κ2) is 7.24. The molecule has 0 radical (unpaired) electrons. The van der Waals surface area contributed by atoms with Gasteiger partial charge in [-0.15, -0.1) is 0 Å². The van der Waals surface area contributed by atoms with Crippen LogP contribution in [-0.4, -0.2) is 45.4 Å². The van der Waals surface area contributed by atoms with Gasteiger partial charge in [0, 0.05) is 30.2 Å². The van der Waals surface area contributed by atoms with Crippen LogP contribution >= 0.6 is 0 Å². The monoisotopic (exact) mass is 394 g/mol. The summed E-state index contributed by atoms with van der Waals surface area (Å²) in [5, 5.41) is 10.8. The van der Waals surface area contributed by atoms with Crippen LogP contribution in [0.25, 0.3) is 0 Å². The number of anilines is 1. The maximum Gasteiger partial charge on any atom is 0.225 e. The summed E-state index contributed by atoms with van der Waals surface area (Å²) in [6.45, 7) is 7.93. The van der Waals surface area contributed by atoms with Crippen molar-refractivity contribution >= 4 is 5.95 Å². The number of rotatable bonds is 3. The van der Waals surface area contributed by atoms with Gasteiger partial charge in [0.05, 0.1) is 11.8 Å². The minimum absolute atomic E-state index is 0.179. The number of aliphatic hydroxyl groups is 1. The summed E-state index contributed by atoms with van der Waals surface area (Å²) in [6, 6.07) is 3.93. The molecular weight excluding hydrogens is 364 g/mol. The lowest BCUT2D eigenvalue weighted by atomic mass is 9.78. The van der Waals surface area contributed by atoms with Crippen LogP contribution in [-0.2, 0) is 12.8 Å². The van der Waals surface area contributed by atoms with E-state index in [1.165, 1.54) is 17.7 Å². The minimum atomic E-state index is -0.445. The first-order valence-electron chi connectivity index (χ1n) is 10.9. The fourth-order valence-electron chi connectivity index (χ4n) is 5.39. The number of aliphatic hydroxyl groups excluding tert-OH is 1. The van der Waals surface area contributed by atoms with E-state index in [4.69, 9.17) is 14.7 Å². The molecule has 0 aromatic carbocycles. The SMILES string of the molecule is Cc1ccc(O[C@@H]2C[C@@H]3CN(c4nc(C)c5c(n4)CCC5)C[C@@H]3C[C@H]2O)c(C)n1. The van der Waals surface area contributed by atoms with Crippen molar-refractivity contribution in [1.29, 1.82) is 0 Å². The second-order valence-corrected chi connectivity index (χ2v) is 9.04. The molecule has 1 saturated heterocycles. The summed E-state index contributed by atoms with van der Waals surface area (Å²) in [5.74, 6) is 2.63. The Kier molecular flexibility index (Phi) is 4.69. The van der Waals surface area contributed by atoms with E-state index in [2.05, 4.69) is 16.8 Å². The van der Waals surface area contributed by atoms with Crippen molar-refractivity contribution in [1.82, 2.24) is 15.0 Å². The zero-order chi connectivity index (χ0) is 20.1. The predicted molar refractivity (Wildman–Crippen MR) is 111 cm³/mol. The van der Waals surface area contributed by atoms with Crippen LogP contribution in [0.2, 0.25) is 0 Å². The van der Waals surface area contributed by atoms with E-state index in [0.29, 0.717) is 11.8 Å². The van der Waals surface area contributed by atoms with Gasteiger partial charge in [-0.1, -0.05) is 0 Å².